The van der Waals surface area contributed by atoms with E-state index in [9.17, 15) is 0 Å². The zero-order valence-corrected chi connectivity index (χ0v) is 15.8. The van der Waals surface area contributed by atoms with Crippen LogP contribution in [0.3, 0.4) is 0 Å². The molecule has 0 aliphatic heterocycles. The van der Waals surface area contributed by atoms with Gasteiger partial charge in [0.15, 0.2) is 0 Å². The number of aromatic nitrogens is 2. The van der Waals surface area contributed by atoms with Crippen molar-refractivity contribution in [2.24, 2.45) is 0 Å². The zero-order chi connectivity index (χ0) is 17.8. The first-order chi connectivity index (χ1) is 12.0. The summed E-state index contributed by atoms with van der Waals surface area (Å²) >= 11 is 6.19. The summed E-state index contributed by atoms with van der Waals surface area (Å²) < 4.78 is 8.17. The summed E-state index contributed by atoms with van der Waals surface area (Å²) in [6.07, 6.45) is 1.04. The molecule has 0 amide bonds. The predicted molar refractivity (Wildman–Crippen MR) is 103 cm³/mol. The number of hydrogen-bond donors (Lipinski definition) is 0. The molecule has 0 aliphatic carbocycles. The lowest BCUT2D eigenvalue weighted by Gasteiger charge is -2.13. The minimum Gasteiger partial charge on any atom is -0.486 e. The van der Waals surface area contributed by atoms with E-state index in [1.807, 2.05) is 30.3 Å². The Morgan fingerprint density at radius 3 is 2.60 bits per heavy atom. The van der Waals surface area contributed by atoms with Crippen LogP contribution in [0.15, 0.2) is 42.5 Å². The standard InChI is InChI=1S/C20H24ClN3O/c1-15-5-8-17(9-6-15)25-14-20-22-18-10-7-16(21)13-19(18)24(20)12-4-11-23(2)3/h5-10,13H,4,11-12,14H2,1-3H3. The van der Waals surface area contributed by atoms with E-state index in [1.54, 1.807) is 0 Å². The van der Waals surface area contributed by atoms with Crippen molar-refractivity contribution in [2.45, 2.75) is 26.5 Å². The number of aryl methyl sites for hydroxylation is 2. The zero-order valence-electron chi connectivity index (χ0n) is 15.0. The number of hydrogen-bond acceptors (Lipinski definition) is 3. The Labute approximate surface area is 154 Å². The number of halogens is 1. The van der Waals surface area contributed by atoms with Gasteiger partial charge in [0, 0.05) is 11.6 Å². The lowest BCUT2D eigenvalue weighted by atomic mass is 10.2. The Hall–Kier alpha value is -2.04. The van der Waals surface area contributed by atoms with Gasteiger partial charge in [-0.3, -0.25) is 0 Å². The number of imidazole rings is 1. The Balaban J connectivity index is 1.83. The molecule has 0 atom stereocenters. The van der Waals surface area contributed by atoms with E-state index in [0.717, 1.165) is 47.1 Å². The number of rotatable bonds is 7. The number of benzene rings is 2. The monoisotopic (exact) mass is 357 g/mol. The molecule has 1 heterocycles. The highest BCUT2D eigenvalue weighted by atomic mass is 35.5. The van der Waals surface area contributed by atoms with Crippen molar-refractivity contribution in [3.05, 3.63) is 58.9 Å². The van der Waals surface area contributed by atoms with Crippen molar-refractivity contribution < 1.29 is 4.74 Å². The molecule has 0 saturated carbocycles. The number of nitrogens with zero attached hydrogens (tertiary/aromatic N) is 3. The molecule has 0 radical (unpaired) electrons. The molecular formula is C20H24ClN3O. The van der Waals surface area contributed by atoms with E-state index in [1.165, 1.54) is 5.56 Å². The summed E-state index contributed by atoms with van der Waals surface area (Å²) in [6.45, 7) is 4.43. The smallest absolute Gasteiger partial charge is 0.147 e. The van der Waals surface area contributed by atoms with Crippen LogP contribution in [0.5, 0.6) is 5.75 Å². The van der Waals surface area contributed by atoms with Gasteiger partial charge in [-0.25, -0.2) is 4.98 Å². The largest absolute Gasteiger partial charge is 0.486 e. The first-order valence-corrected chi connectivity index (χ1v) is 8.89. The third kappa shape index (κ3) is 4.53. The SMILES string of the molecule is Cc1ccc(OCc2nc3ccc(Cl)cc3n2CCCN(C)C)cc1. The van der Waals surface area contributed by atoms with Crippen LogP contribution in [0.4, 0.5) is 0 Å². The second-order valence-corrected chi connectivity index (χ2v) is 7.01. The van der Waals surface area contributed by atoms with Gasteiger partial charge in [0.25, 0.3) is 0 Å². The van der Waals surface area contributed by atoms with Gasteiger partial charge in [-0.05, 0) is 64.3 Å². The van der Waals surface area contributed by atoms with Crippen LogP contribution in [0.1, 0.15) is 17.8 Å². The molecule has 4 nitrogen and oxygen atoms in total. The fourth-order valence-corrected chi connectivity index (χ4v) is 3.00. The van der Waals surface area contributed by atoms with Crippen molar-refractivity contribution >= 4 is 22.6 Å². The van der Waals surface area contributed by atoms with Gasteiger partial charge >= 0.3 is 0 Å². The van der Waals surface area contributed by atoms with Crippen LogP contribution in [0.2, 0.25) is 5.02 Å². The Morgan fingerprint density at radius 2 is 1.88 bits per heavy atom. The summed E-state index contributed by atoms with van der Waals surface area (Å²) in [6, 6.07) is 13.9. The van der Waals surface area contributed by atoms with Crippen LogP contribution in [-0.2, 0) is 13.2 Å². The van der Waals surface area contributed by atoms with Crippen molar-refractivity contribution in [1.29, 1.82) is 0 Å². The average Bonchev–Trinajstić information content (AvgIpc) is 2.91. The average molecular weight is 358 g/mol. The molecular weight excluding hydrogens is 334 g/mol. The maximum atomic E-state index is 6.19. The van der Waals surface area contributed by atoms with Crippen LogP contribution >= 0.6 is 11.6 Å². The summed E-state index contributed by atoms with van der Waals surface area (Å²) in [5, 5.41) is 0.729. The van der Waals surface area contributed by atoms with Gasteiger partial charge in [-0.2, -0.15) is 0 Å². The first kappa shape index (κ1) is 17.8. The molecule has 25 heavy (non-hydrogen) atoms. The Bertz CT molecular complexity index is 840. The van der Waals surface area contributed by atoms with Crippen molar-refractivity contribution in [3.8, 4) is 5.75 Å². The van der Waals surface area contributed by atoms with Crippen LogP contribution in [-0.4, -0.2) is 35.1 Å². The first-order valence-electron chi connectivity index (χ1n) is 8.52. The van der Waals surface area contributed by atoms with E-state index in [-0.39, 0.29) is 0 Å². The molecule has 2 aromatic carbocycles. The minimum absolute atomic E-state index is 0.442. The highest BCUT2D eigenvalue weighted by Gasteiger charge is 2.12. The molecule has 0 spiro atoms. The number of fused-ring (bicyclic) bond motifs is 1. The van der Waals surface area contributed by atoms with Crippen molar-refractivity contribution in [2.75, 3.05) is 20.6 Å². The molecule has 0 N–H and O–H groups in total. The summed E-state index contributed by atoms with van der Waals surface area (Å²) in [5.41, 5.74) is 3.24. The van der Waals surface area contributed by atoms with Gasteiger partial charge in [-0.1, -0.05) is 29.3 Å². The van der Waals surface area contributed by atoms with E-state index in [2.05, 4.69) is 42.6 Å². The highest BCUT2D eigenvalue weighted by molar-refractivity contribution is 6.31. The fourth-order valence-electron chi connectivity index (χ4n) is 2.83. The maximum absolute atomic E-state index is 6.19. The van der Waals surface area contributed by atoms with Gasteiger partial charge in [0.05, 0.1) is 11.0 Å². The molecule has 0 saturated heterocycles. The Morgan fingerprint density at radius 1 is 1.12 bits per heavy atom. The lowest BCUT2D eigenvalue weighted by molar-refractivity contribution is 0.288. The summed E-state index contributed by atoms with van der Waals surface area (Å²) in [4.78, 5) is 6.94. The highest BCUT2D eigenvalue weighted by Crippen LogP contribution is 2.22. The topological polar surface area (TPSA) is 30.3 Å². The summed E-state index contributed by atoms with van der Waals surface area (Å²) in [7, 11) is 4.18. The number of ether oxygens (including phenoxy) is 1. The molecule has 3 rings (SSSR count). The maximum Gasteiger partial charge on any atom is 0.147 e. The summed E-state index contributed by atoms with van der Waals surface area (Å²) in [5.74, 6) is 1.78. The van der Waals surface area contributed by atoms with E-state index >= 15 is 0 Å². The van der Waals surface area contributed by atoms with E-state index in [0.29, 0.717) is 6.61 Å². The molecule has 1 aromatic heterocycles. The molecule has 0 unspecified atom stereocenters. The van der Waals surface area contributed by atoms with Crippen molar-refractivity contribution in [3.63, 3.8) is 0 Å². The Kier molecular flexibility index (Phi) is 5.61. The van der Waals surface area contributed by atoms with Gasteiger partial charge in [0.1, 0.15) is 18.2 Å². The van der Waals surface area contributed by atoms with Gasteiger partial charge in [-0.15, -0.1) is 0 Å². The third-order valence-corrected chi connectivity index (χ3v) is 4.40. The quantitative estimate of drug-likeness (QED) is 0.622. The van der Waals surface area contributed by atoms with Crippen molar-refractivity contribution in [1.82, 2.24) is 14.5 Å². The van der Waals surface area contributed by atoms with Crippen LogP contribution in [0, 0.1) is 6.92 Å². The second-order valence-electron chi connectivity index (χ2n) is 6.57. The molecule has 132 valence electrons. The lowest BCUT2D eigenvalue weighted by Crippen LogP contribution is -2.16. The van der Waals surface area contributed by atoms with Gasteiger partial charge < -0.3 is 14.2 Å². The predicted octanol–water partition coefficient (Wildman–Crippen LogP) is 4.53. The second kappa shape index (κ2) is 7.89. The van der Waals surface area contributed by atoms with Crippen LogP contribution in [0.25, 0.3) is 11.0 Å². The third-order valence-electron chi connectivity index (χ3n) is 4.17. The van der Waals surface area contributed by atoms with Crippen LogP contribution < -0.4 is 4.74 Å². The molecule has 5 heteroatoms. The fraction of sp³-hybridized carbons (Fsp3) is 0.350. The minimum atomic E-state index is 0.442. The van der Waals surface area contributed by atoms with Gasteiger partial charge in [0.2, 0.25) is 0 Å². The normalized spacial score (nSPS) is 11.4. The molecule has 0 fully saturated rings. The van der Waals surface area contributed by atoms with E-state index in [4.69, 9.17) is 21.3 Å². The van der Waals surface area contributed by atoms with E-state index < -0.39 is 0 Å². The molecule has 0 aliphatic rings. The molecule has 0 bridgehead atoms. The molecule has 3 aromatic rings.